The minimum absolute atomic E-state index is 0.0449. The molecule has 0 saturated carbocycles. The van der Waals surface area contributed by atoms with Crippen molar-refractivity contribution in [3.8, 4) is 0 Å². The lowest BCUT2D eigenvalue weighted by Crippen LogP contribution is -2.37. The van der Waals surface area contributed by atoms with Gasteiger partial charge in [0.1, 0.15) is 0 Å². The van der Waals surface area contributed by atoms with Crippen LogP contribution in [0.3, 0.4) is 0 Å². The molecule has 0 bridgehead atoms. The highest BCUT2D eigenvalue weighted by molar-refractivity contribution is 5.81. The number of amides is 2. The van der Waals surface area contributed by atoms with Gasteiger partial charge in [-0.2, -0.15) is 13.2 Å². The van der Waals surface area contributed by atoms with Crippen LogP contribution in [0.2, 0.25) is 0 Å². The molecule has 0 aliphatic rings. The van der Waals surface area contributed by atoms with Gasteiger partial charge in [-0.15, -0.1) is 0 Å². The summed E-state index contributed by atoms with van der Waals surface area (Å²) in [5.41, 5.74) is 1.00. The van der Waals surface area contributed by atoms with Gasteiger partial charge in [0.2, 0.25) is 5.91 Å². The molecule has 1 aromatic rings. The van der Waals surface area contributed by atoms with E-state index in [1.54, 1.807) is 6.92 Å². The second-order valence-corrected chi connectivity index (χ2v) is 5.35. The number of unbranched alkanes of at least 4 members (excludes halogenated alkanes) is 1. The summed E-state index contributed by atoms with van der Waals surface area (Å²) in [6.07, 6.45) is -3.32. The van der Waals surface area contributed by atoms with Gasteiger partial charge < -0.3 is 10.6 Å². The fourth-order valence-corrected chi connectivity index (χ4v) is 1.97. The number of carbonyl (C=O) groups is 2. The minimum atomic E-state index is -4.84. The van der Waals surface area contributed by atoms with Gasteiger partial charge >= 0.3 is 12.1 Å². The van der Waals surface area contributed by atoms with E-state index in [0.29, 0.717) is 25.8 Å². The van der Waals surface area contributed by atoms with Crippen molar-refractivity contribution >= 4 is 11.8 Å². The van der Waals surface area contributed by atoms with Crippen molar-refractivity contribution < 1.29 is 22.8 Å². The van der Waals surface area contributed by atoms with Crippen molar-refractivity contribution in [2.45, 2.75) is 38.9 Å². The Kier molecular flexibility index (Phi) is 7.57. The monoisotopic (exact) mass is 330 g/mol. The maximum atomic E-state index is 12.0. The van der Waals surface area contributed by atoms with Gasteiger partial charge in [-0.1, -0.05) is 43.7 Å². The van der Waals surface area contributed by atoms with Gasteiger partial charge in [-0.05, 0) is 18.4 Å². The van der Waals surface area contributed by atoms with Crippen LogP contribution in [0, 0.1) is 5.92 Å². The van der Waals surface area contributed by atoms with E-state index in [0.717, 1.165) is 5.56 Å². The summed E-state index contributed by atoms with van der Waals surface area (Å²) in [6.45, 7) is 2.18. The number of benzene rings is 1. The van der Waals surface area contributed by atoms with Gasteiger partial charge in [-0.25, -0.2) is 0 Å². The van der Waals surface area contributed by atoms with E-state index < -0.39 is 12.1 Å². The van der Waals surface area contributed by atoms with E-state index in [4.69, 9.17) is 0 Å². The smallest absolute Gasteiger partial charge is 0.352 e. The highest BCUT2D eigenvalue weighted by atomic mass is 19.4. The molecule has 0 aliphatic heterocycles. The molecule has 0 heterocycles. The Morgan fingerprint density at radius 1 is 1.09 bits per heavy atom. The molecule has 2 N–H and O–H groups in total. The molecule has 0 spiro atoms. The Balaban J connectivity index is 2.15. The number of carbonyl (C=O) groups excluding carboxylic acids is 2. The third kappa shape index (κ3) is 7.67. The van der Waals surface area contributed by atoms with E-state index in [2.05, 4.69) is 5.32 Å². The molecule has 0 aromatic heterocycles. The summed E-state index contributed by atoms with van der Waals surface area (Å²) < 4.78 is 35.9. The summed E-state index contributed by atoms with van der Waals surface area (Å²) in [5, 5.41) is 4.63. The molecule has 0 fully saturated rings. The quantitative estimate of drug-likeness (QED) is 0.720. The van der Waals surface area contributed by atoms with Crippen molar-refractivity contribution in [3.05, 3.63) is 35.9 Å². The number of halogens is 3. The summed E-state index contributed by atoms with van der Waals surface area (Å²) in [5.74, 6) is -2.24. The third-order valence-corrected chi connectivity index (χ3v) is 3.36. The van der Waals surface area contributed by atoms with Crippen molar-refractivity contribution in [2.75, 3.05) is 6.54 Å². The maximum absolute atomic E-state index is 12.0. The first-order valence-electron chi connectivity index (χ1n) is 7.47. The van der Waals surface area contributed by atoms with Crippen molar-refractivity contribution in [2.24, 2.45) is 5.92 Å². The van der Waals surface area contributed by atoms with Crippen molar-refractivity contribution in [1.82, 2.24) is 10.6 Å². The standard InChI is InChI=1S/C16H21F3N2O2/c1-12(7-5-6-10-20-15(23)16(17,18)19)14(22)21-11-13-8-3-2-4-9-13/h2-4,8-9,12H,5-7,10-11H2,1H3,(H,20,23)(H,21,22)/t12-/m0/s1. The zero-order valence-corrected chi connectivity index (χ0v) is 13.0. The van der Waals surface area contributed by atoms with Gasteiger partial charge in [0, 0.05) is 19.0 Å². The van der Waals surface area contributed by atoms with E-state index in [9.17, 15) is 22.8 Å². The lowest BCUT2D eigenvalue weighted by atomic mass is 10.0. The first-order valence-corrected chi connectivity index (χ1v) is 7.47. The molecule has 0 unspecified atom stereocenters. The number of nitrogens with one attached hydrogen (secondary N) is 2. The molecule has 0 saturated heterocycles. The molecule has 4 nitrogen and oxygen atoms in total. The summed E-state index contributed by atoms with van der Waals surface area (Å²) in [7, 11) is 0. The van der Waals surface area contributed by atoms with Crippen LogP contribution >= 0.6 is 0 Å². The van der Waals surface area contributed by atoms with Crippen LogP contribution in [0.15, 0.2) is 30.3 Å². The Morgan fingerprint density at radius 3 is 2.35 bits per heavy atom. The fraction of sp³-hybridized carbons (Fsp3) is 0.500. The second-order valence-electron chi connectivity index (χ2n) is 5.35. The molecule has 1 rings (SSSR count). The number of rotatable bonds is 8. The zero-order chi connectivity index (χ0) is 17.3. The van der Waals surface area contributed by atoms with Gasteiger partial charge in [0.25, 0.3) is 0 Å². The number of alkyl halides is 3. The van der Waals surface area contributed by atoms with Crippen LogP contribution < -0.4 is 10.6 Å². The largest absolute Gasteiger partial charge is 0.471 e. The Labute approximate surface area is 133 Å². The summed E-state index contributed by atoms with van der Waals surface area (Å²) >= 11 is 0. The van der Waals surface area contributed by atoms with Crippen LogP contribution in [0.4, 0.5) is 13.2 Å². The van der Waals surface area contributed by atoms with Crippen LogP contribution in [-0.4, -0.2) is 24.5 Å². The average molecular weight is 330 g/mol. The van der Waals surface area contributed by atoms with E-state index in [1.165, 1.54) is 0 Å². The lowest BCUT2D eigenvalue weighted by Gasteiger charge is -2.12. The first kappa shape index (κ1) is 19.0. The normalized spacial score (nSPS) is 12.5. The first-order chi connectivity index (χ1) is 10.8. The molecule has 0 aliphatic carbocycles. The molecule has 7 heteroatoms. The minimum Gasteiger partial charge on any atom is -0.352 e. The predicted molar refractivity (Wildman–Crippen MR) is 80.4 cm³/mol. The molecule has 2 amide bonds. The third-order valence-electron chi connectivity index (χ3n) is 3.36. The molecule has 23 heavy (non-hydrogen) atoms. The molecule has 1 atom stereocenters. The molecule has 1 aromatic carbocycles. The molecular weight excluding hydrogens is 309 g/mol. The predicted octanol–water partition coefficient (Wildman–Crippen LogP) is 2.79. The zero-order valence-electron chi connectivity index (χ0n) is 13.0. The van der Waals surface area contributed by atoms with E-state index in [1.807, 2.05) is 35.6 Å². The summed E-state index contributed by atoms with van der Waals surface area (Å²) in [4.78, 5) is 22.5. The van der Waals surface area contributed by atoms with E-state index >= 15 is 0 Å². The summed E-state index contributed by atoms with van der Waals surface area (Å²) in [6, 6.07) is 9.49. The topological polar surface area (TPSA) is 58.2 Å². The number of hydrogen-bond acceptors (Lipinski definition) is 2. The Hall–Kier alpha value is -2.05. The highest BCUT2D eigenvalue weighted by Gasteiger charge is 2.38. The van der Waals surface area contributed by atoms with Crippen LogP contribution in [0.25, 0.3) is 0 Å². The average Bonchev–Trinajstić information content (AvgIpc) is 2.51. The van der Waals surface area contributed by atoms with Gasteiger partial charge in [0.05, 0.1) is 0 Å². The van der Waals surface area contributed by atoms with Crippen LogP contribution in [-0.2, 0) is 16.1 Å². The maximum Gasteiger partial charge on any atom is 0.471 e. The van der Waals surface area contributed by atoms with Gasteiger partial charge in [-0.3, -0.25) is 9.59 Å². The van der Waals surface area contributed by atoms with Crippen molar-refractivity contribution in [1.29, 1.82) is 0 Å². The Bertz CT molecular complexity index is 504. The fourth-order valence-electron chi connectivity index (χ4n) is 1.97. The molecular formula is C16H21F3N2O2. The van der Waals surface area contributed by atoms with Crippen molar-refractivity contribution in [3.63, 3.8) is 0 Å². The number of hydrogen-bond donors (Lipinski definition) is 2. The Morgan fingerprint density at radius 2 is 1.74 bits per heavy atom. The second kappa shape index (κ2) is 9.17. The lowest BCUT2D eigenvalue weighted by molar-refractivity contribution is -0.173. The molecule has 128 valence electrons. The molecule has 0 radical (unpaired) electrons. The SMILES string of the molecule is C[C@@H](CCCCNC(=O)C(F)(F)F)C(=O)NCc1ccccc1. The van der Waals surface area contributed by atoms with Gasteiger partial charge in [0.15, 0.2) is 0 Å². The highest BCUT2D eigenvalue weighted by Crippen LogP contribution is 2.14. The van der Waals surface area contributed by atoms with Crippen LogP contribution in [0.5, 0.6) is 0 Å². The van der Waals surface area contributed by atoms with Crippen LogP contribution in [0.1, 0.15) is 31.7 Å². The van der Waals surface area contributed by atoms with E-state index in [-0.39, 0.29) is 18.4 Å².